The fourth-order valence-corrected chi connectivity index (χ4v) is 4.50. The molecule has 0 saturated carbocycles. The molecule has 34 heavy (non-hydrogen) atoms. The van der Waals surface area contributed by atoms with Crippen LogP contribution in [0.4, 0.5) is 20.4 Å². The third-order valence-corrected chi connectivity index (χ3v) is 5.90. The Morgan fingerprint density at radius 3 is 2.47 bits per heavy atom. The first kappa shape index (κ1) is 26.1. The average molecular weight is 478 g/mol. The van der Waals surface area contributed by atoms with Gasteiger partial charge < -0.3 is 15.4 Å². The maximum atomic E-state index is 14.9. The van der Waals surface area contributed by atoms with Gasteiger partial charge in [0.25, 0.3) is 0 Å². The van der Waals surface area contributed by atoms with E-state index in [0.717, 1.165) is 11.8 Å². The van der Waals surface area contributed by atoms with E-state index >= 15 is 0 Å². The molecule has 188 valence electrons. The van der Waals surface area contributed by atoms with Crippen LogP contribution in [0.2, 0.25) is 0 Å². The molecular weight excluding hydrogens is 440 g/mol. The van der Waals surface area contributed by atoms with Crippen LogP contribution < -0.4 is 10.6 Å². The van der Waals surface area contributed by atoms with Gasteiger partial charge in [-0.3, -0.25) is 9.48 Å². The Bertz CT molecular complexity index is 1050. The highest BCUT2D eigenvalue weighted by Gasteiger charge is 2.45. The molecule has 0 bridgehead atoms. The van der Waals surface area contributed by atoms with Gasteiger partial charge in [-0.05, 0) is 74.8 Å². The second-order valence-corrected chi connectivity index (χ2v) is 11.4. The predicted octanol–water partition coefficient (Wildman–Crippen LogP) is 5.01. The van der Waals surface area contributed by atoms with Gasteiger partial charge in [0, 0.05) is 30.3 Å². The van der Waals surface area contributed by atoms with Crippen LogP contribution in [-0.2, 0) is 21.5 Å². The van der Waals surface area contributed by atoms with Crippen molar-refractivity contribution in [2.24, 2.45) is 5.41 Å². The molecule has 2 aromatic rings. The van der Waals surface area contributed by atoms with Crippen LogP contribution in [0.1, 0.15) is 72.7 Å². The van der Waals surface area contributed by atoms with Crippen LogP contribution >= 0.6 is 0 Å². The molecule has 1 saturated heterocycles. The van der Waals surface area contributed by atoms with Gasteiger partial charge in [0.1, 0.15) is 11.4 Å². The normalized spacial score (nSPS) is 21.4. The summed E-state index contributed by atoms with van der Waals surface area (Å²) < 4.78 is 37.1. The van der Waals surface area contributed by atoms with Crippen LogP contribution in [0.3, 0.4) is 0 Å². The first-order chi connectivity index (χ1) is 15.6. The summed E-state index contributed by atoms with van der Waals surface area (Å²) in [6.07, 6.45) is 0.964. The lowest BCUT2D eigenvalue weighted by Gasteiger charge is -2.40. The molecule has 0 aromatic carbocycles. The van der Waals surface area contributed by atoms with Gasteiger partial charge >= 0.3 is 5.97 Å². The van der Waals surface area contributed by atoms with E-state index in [4.69, 9.17) is 4.74 Å². The van der Waals surface area contributed by atoms with Gasteiger partial charge in [0.2, 0.25) is 0 Å². The van der Waals surface area contributed by atoms with Crippen LogP contribution in [0.15, 0.2) is 12.1 Å². The number of aromatic nitrogens is 3. The monoisotopic (exact) mass is 477 g/mol. The van der Waals surface area contributed by atoms with Crippen molar-refractivity contribution in [1.29, 1.82) is 0 Å². The molecule has 2 aromatic heterocycles. The molecule has 3 heterocycles. The number of halogens is 2. The molecule has 2 unspecified atom stereocenters. The second-order valence-electron chi connectivity index (χ2n) is 11.4. The number of carbonyl (C=O) groups is 1. The topological polar surface area (TPSA) is 81.1 Å². The molecule has 0 amide bonds. The largest absolute Gasteiger partial charge is 0.460 e. The van der Waals surface area contributed by atoms with Crippen LogP contribution in [0.25, 0.3) is 0 Å². The highest BCUT2D eigenvalue weighted by atomic mass is 19.1. The minimum absolute atomic E-state index is 0.0180. The van der Waals surface area contributed by atoms with Gasteiger partial charge in [-0.25, -0.2) is 13.8 Å². The third-order valence-electron chi connectivity index (χ3n) is 5.90. The standard InChI is InChI=1S/C25H37F2N5O2/c1-15-13-25(9-10-28-15,22(33)34-24(6,7)8)14-19-17(26)12-18(27)21(29-19)30-20-11-16(2)32(31-20)23(3,4)5/h11-12,15,28H,9-10,13-14H2,1-8H3,(H,29,30,31). The number of rotatable bonds is 5. The van der Waals surface area contributed by atoms with E-state index in [2.05, 4.69) is 20.7 Å². The Labute approximate surface area is 200 Å². The minimum Gasteiger partial charge on any atom is -0.460 e. The van der Waals surface area contributed by atoms with E-state index in [1.165, 1.54) is 0 Å². The minimum atomic E-state index is -0.953. The van der Waals surface area contributed by atoms with E-state index in [1.54, 1.807) is 26.8 Å². The summed E-state index contributed by atoms with van der Waals surface area (Å²) in [4.78, 5) is 17.5. The van der Waals surface area contributed by atoms with Crippen molar-refractivity contribution >= 4 is 17.6 Å². The maximum Gasteiger partial charge on any atom is 0.313 e. The molecule has 2 N–H and O–H groups in total. The van der Waals surface area contributed by atoms with Gasteiger partial charge in [0.15, 0.2) is 17.5 Å². The highest BCUT2D eigenvalue weighted by molar-refractivity contribution is 5.78. The fourth-order valence-electron chi connectivity index (χ4n) is 4.50. The summed E-state index contributed by atoms with van der Waals surface area (Å²) in [5.74, 6) is -1.71. The maximum absolute atomic E-state index is 14.9. The van der Waals surface area contributed by atoms with E-state index in [-0.39, 0.29) is 35.5 Å². The highest BCUT2D eigenvalue weighted by Crippen LogP contribution is 2.38. The van der Waals surface area contributed by atoms with Crippen LogP contribution in [0, 0.1) is 24.0 Å². The summed E-state index contributed by atoms with van der Waals surface area (Å²) in [5.41, 5.74) is -0.967. The lowest BCUT2D eigenvalue weighted by Crippen LogP contribution is -2.50. The van der Waals surface area contributed by atoms with E-state index in [0.29, 0.717) is 25.2 Å². The predicted molar refractivity (Wildman–Crippen MR) is 128 cm³/mol. The number of piperidine rings is 1. The van der Waals surface area contributed by atoms with Crippen molar-refractivity contribution in [2.75, 3.05) is 11.9 Å². The van der Waals surface area contributed by atoms with Gasteiger partial charge in [-0.1, -0.05) is 0 Å². The number of aryl methyl sites for hydroxylation is 1. The number of nitrogens with zero attached hydrogens (tertiary/aromatic N) is 3. The lowest BCUT2D eigenvalue weighted by molar-refractivity contribution is -0.170. The van der Waals surface area contributed by atoms with Crippen molar-refractivity contribution < 1.29 is 18.3 Å². The Balaban J connectivity index is 1.94. The number of hydrogen-bond acceptors (Lipinski definition) is 6. The molecule has 0 spiro atoms. The summed E-state index contributed by atoms with van der Waals surface area (Å²) in [6, 6.07) is 2.64. The fraction of sp³-hybridized carbons (Fsp3) is 0.640. The van der Waals surface area contributed by atoms with Crippen LogP contribution in [0.5, 0.6) is 0 Å². The Kier molecular flexibility index (Phi) is 7.09. The van der Waals surface area contributed by atoms with E-state index < -0.39 is 22.7 Å². The molecule has 1 fully saturated rings. The van der Waals surface area contributed by atoms with Crippen LogP contribution in [-0.4, -0.2) is 38.9 Å². The van der Waals surface area contributed by atoms with Gasteiger partial charge in [-0.2, -0.15) is 5.10 Å². The summed E-state index contributed by atoms with van der Waals surface area (Å²) >= 11 is 0. The molecule has 1 aliphatic heterocycles. The number of nitrogens with one attached hydrogen (secondary N) is 2. The van der Waals surface area contributed by atoms with Gasteiger partial charge in [0.05, 0.1) is 16.6 Å². The number of anilines is 2. The summed E-state index contributed by atoms with van der Waals surface area (Å²) in [7, 11) is 0. The number of carbonyl (C=O) groups excluding carboxylic acids is 1. The van der Waals surface area contributed by atoms with Crippen molar-refractivity contribution in [3.05, 3.63) is 35.2 Å². The summed E-state index contributed by atoms with van der Waals surface area (Å²) in [6.45, 7) is 15.9. The number of pyridine rings is 1. The molecule has 3 rings (SSSR count). The molecule has 0 aliphatic carbocycles. The second kappa shape index (κ2) is 9.24. The first-order valence-corrected chi connectivity index (χ1v) is 11.8. The molecule has 0 radical (unpaired) electrons. The van der Waals surface area contributed by atoms with E-state index in [1.807, 2.05) is 39.3 Å². The van der Waals surface area contributed by atoms with Crippen molar-refractivity contribution in [3.8, 4) is 0 Å². The quantitative estimate of drug-likeness (QED) is 0.590. The van der Waals surface area contributed by atoms with Crippen molar-refractivity contribution in [3.63, 3.8) is 0 Å². The molecular formula is C25H37F2N5O2. The van der Waals surface area contributed by atoms with E-state index in [9.17, 15) is 13.6 Å². The van der Waals surface area contributed by atoms with Crippen molar-refractivity contribution in [2.45, 2.75) is 91.8 Å². The zero-order valence-electron chi connectivity index (χ0n) is 21.5. The van der Waals surface area contributed by atoms with Gasteiger partial charge in [-0.15, -0.1) is 0 Å². The molecule has 2 atom stereocenters. The SMILES string of the molecule is Cc1cc(Nc2nc(CC3(C(=O)OC(C)(C)C)CCNC(C)C3)c(F)cc2F)nn1C(C)(C)C. The number of esters is 1. The number of ether oxygens (including phenoxy) is 1. The zero-order chi connectivity index (χ0) is 25.5. The molecule has 1 aliphatic rings. The smallest absolute Gasteiger partial charge is 0.313 e. The molecule has 7 nitrogen and oxygen atoms in total. The Morgan fingerprint density at radius 1 is 1.24 bits per heavy atom. The Hall–Kier alpha value is -2.55. The molecule has 9 heteroatoms. The number of hydrogen-bond donors (Lipinski definition) is 2. The van der Waals surface area contributed by atoms with Crippen molar-refractivity contribution in [1.82, 2.24) is 20.1 Å². The summed E-state index contributed by atoms with van der Waals surface area (Å²) in [5, 5.41) is 10.7. The zero-order valence-corrected chi connectivity index (χ0v) is 21.5. The third kappa shape index (κ3) is 5.92. The Morgan fingerprint density at radius 2 is 1.91 bits per heavy atom. The average Bonchev–Trinajstić information content (AvgIpc) is 3.05. The lowest BCUT2D eigenvalue weighted by atomic mass is 9.72. The first-order valence-electron chi connectivity index (χ1n) is 11.8.